The lowest BCUT2D eigenvalue weighted by atomic mass is 10.4. The molecule has 72 valence electrons. The number of rotatable bonds is 3. The van der Waals surface area contributed by atoms with Crippen LogP contribution in [0.3, 0.4) is 0 Å². The van der Waals surface area contributed by atoms with Crippen LogP contribution in [0, 0.1) is 0 Å². The van der Waals surface area contributed by atoms with Crippen molar-refractivity contribution in [2.24, 2.45) is 0 Å². The highest BCUT2D eigenvalue weighted by Gasteiger charge is 1.99. The van der Waals surface area contributed by atoms with Gasteiger partial charge in [-0.1, -0.05) is 0 Å². The molecule has 0 amide bonds. The molecule has 0 unspecified atom stereocenters. The number of furan rings is 1. The summed E-state index contributed by atoms with van der Waals surface area (Å²) in [6, 6.07) is 3.75. The van der Waals surface area contributed by atoms with Crippen molar-refractivity contribution in [2.45, 2.75) is 13.5 Å². The molecule has 0 spiro atoms. The minimum absolute atomic E-state index is 0.609. The molecular weight excluding hydrogens is 252 g/mol. The van der Waals surface area contributed by atoms with E-state index in [0.717, 1.165) is 17.0 Å². The van der Waals surface area contributed by atoms with E-state index < -0.39 is 0 Å². The molecule has 0 atom stereocenters. The molecule has 0 aliphatic rings. The summed E-state index contributed by atoms with van der Waals surface area (Å²) in [5.41, 5.74) is 0. The van der Waals surface area contributed by atoms with E-state index in [1.54, 1.807) is 0 Å². The van der Waals surface area contributed by atoms with Gasteiger partial charge in [-0.2, -0.15) is 0 Å². The molecule has 1 heterocycles. The first-order valence-corrected chi connectivity index (χ1v) is 5.18. The second-order valence-electron chi connectivity index (χ2n) is 2.42. The predicted octanol–water partition coefficient (Wildman–Crippen LogP) is 2.03. The van der Waals surface area contributed by atoms with Crippen LogP contribution < -0.4 is 10.6 Å². The summed E-state index contributed by atoms with van der Waals surface area (Å²) in [6.07, 6.45) is 0. The van der Waals surface area contributed by atoms with Gasteiger partial charge in [0.1, 0.15) is 5.76 Å². The maximum atomic E-state index is 5.28. The Morgan fingerprint density at radius 1 is 1.54 bits per heavy atom. The highest BCUT2D eigenvalue weighted by atomic mass is 79.9. The van der Waals surface area contributed by atoms with Crippen LogP contribution in [0.1, 0.15) is 12.7 Å². The molecule has 0 aliphatic heterocycles. The van der Waals surface area contributed by atoms with E-state index in [2.05, 4.69) is 26.6 Å². The van der Waals surface area contributed by atoms with E-state index in [4.69, 9.17) is 16.6 Å². The van der Waals surface area contributed by atoms with Crippen molar-refractivity contribution in [3.63, 3.8) is 0 Å². The first kappa shape index (κ1) is 10.5. The van der Waals surface area contributed by atoms with E-state index >= 15 is 0 Å². The smallest absolute Gasteiger partial charge is 0.169 e. The number of thiocarbonyl (C=S) groups is 1. The van der Waals surface area contributed by atoms with E-state index in [0.29, 0.717) is 11.7 Å². The van der Waals surface area contributed by atoms with Gasteiger partial charge in [0.2, 0.25) is 0 Å². The Balaban J connectivity index is 2.30. The maximum Gasteiger partial charge on any atom is 0.169 e. The van der Waals surface area contributed by atoms with Gasteiger partial charge in [-0.3, -0.25) is 0 Å². The lowest BCUT2D eigenvalue weighted by Gasteiger charge is -2.06. The fourth-order valence-electron chi connectivity index (χ4n) is 0.837. The summed E-state index contributed by atoms with van der Waals surface area (Å²) in [5.74, 6) is 0.854. The molecule has 0 saturated carbocycles. The molecule has 2 N–H and O–H groups in total. The predicted molar refractivity (Wildman–Crippen MR) is 59.5 cm³/mol. The minimum Gasteiger partial charge on any atom is -0.452 e. The summed E-state index contributed by atoms with van der Waals surface area (Å²) >= 11 is 8.21. The molecule has 1 aromatic heterocycles. The summed E-state index contributed by atoms with van der Waals surface area (Å²) in [5, 5.41) is 6.66. The molecular formula is C8H11BrN2OS. The summed E-state index contributed by atoms with van der Waals surface area (Å²) < 4.78 is 6.01. The van der Waals surface area contributed by atoms with Crippen molar-refractivity contribution < 1.29 is 4.42 Å². The second-order valence-corrected chi connectivity index (χ2v) is 3.61. The number of hydrogen-bond acceptors (Lipinski definition) is 2. The van der Waals surface area contributed by atoms with Gasteiger partial charge in [0.05, 0.1) is 6.54 Å². The first-order chi connectivity index (χ1) is 6.22. The Kier molecular flexibility index (Phi) is 4.24. The van der Waals surface area contributed by atoms with Crippen molar-refractivity contribution in [1.82, 2.24) is 10.6 Å². The van der Waals surface area contributed by atoms with Gasteiger partial charge in [0.25, 0.3) is 0 Å². The third-order valence-corrected chi connectivity index (χ3v) is 2.10. The number of halogens is 1. The fourth-order valence-corrected chi connectivity index (χ4v) is 1.39. The van der Waals surface area contributed by atoms with Crippen LogP contribution in [0.25, 0.3) is 0 Å². The molecule has 13 heavy (non-hydrogen) atoms. The van der Waals surface area contributed by atoms with Gasteiger partial charge in [-0.15, -0.1) is 0 Å². The van der Waals surface area contributed by atoms with Gasteiger partial charge in [0, 0.05) is 6.54 Å². The third kappa shape index (κ3) is 3.78. The third-order valence-electron chi connectivity index (χ3n) is 1.39. The van der Waals surface area contributed by atoms with Gasteiger partial charge in [-0.05, 0) is 47.2 Å². The average Bonchev–Trinajstić information content (AvgIpc) is 2.49. The molecule has 1 aromatic rings. The van der Waals surface area contributed by atoms with Gasteiger partial charge in [0.15, 0.2) is 9.78 Å². The monoisotopic (exact) mass is 262 g/mol. The van der Waals surface area contributed by atoms with E-state index in [-0.39, 0.29) is 0 Å². The minimum atomic E-state index is 0.609. The number of hydrogen-bond donors (Lipinski definition) is 2. The zero-order valence-electron chi connectivity index (χ0n) is 7.26. The van der Waals surface area contributed by atoms with Crippen molar-refractivity contribution in [1.29, 1.82) is 0 Å². The van der Waals surface area contributed by atoms with Crippen molar-refractivity contribution in [3.8, 4) is 0 Å². The Morgan fingerprint density at radius 3 is 2.85 bits per heavy atom. The molecule has 5 heteroatoms. The van der Waals surface area contributed by atoms with Crippen molar-refractivity contribution >= 4 is 33.3 Å². The first-order valence-electron chi connectivity index (χ1n) is 3.98. The van der Waals surface area contributed by atoms with E-state index in [1.165, 1.54) is 0 Å². The summed E-state index contributed by atoms with van der Waals surface area (Å²) in [7, 11) is 0. The number of nitrogens with one attached hydrogen (secondary N) is 2. The Hall–Kier alpha value is -0.550. The standard InChI is InChI=1S/C8H11BrN2OS/c1-2-10-8(13)11-5-6-3-4-7(9)12-6/h3-4H,2,5H2,1H3,(H2,10,11,13). The molecule has 0 aliphatic carbocycles. The molecule has 1 rings (SSSR count). The quantitative estimate of drug-likeness (QED) is 0.818. The topological polar surface area (TPSA) is 37.2 Å². The molecule has 0 bridgehead atoms. The Bertz CT molecular complexity index is 287. The SMILES string of the molecule is CCNC(=S)NCc1ccc(Br)o1. The molecule has 0 aromatic carbocycles. The summed E-state index contributed by atoms with van der Waals surface area (Å²) in [6.45, 7) is 3.43. The highest BCUT2D eigenvalue weighted by Crippen LogP contribution is 2.13. The van der Waals surface area contributed by atoms with Crippen LogP contribution in [0.2, 0.25) is 0 Å². The molecule has 0 saturated heterocycles. The van der Waals surface area contributed by atoms with Crippen LogP contribution in [-0.4, -0.2) is 11.7 Å². The van der Waals surface area contributed by atoms with Crippen molar-refractivity contribution in [2.75, 3.05) is 6.54 Å². The normalized spacial score (nSPS) is 9.69. The van der Waals surface area contributed by atoms with Crippen LogP contribution in [0.15, 0.2) is 21.2 Å². The largest absolute Gasteiger partial charge is 0.452 e. The Labute approximate surface area is 91.0 Å². The van der Waals surface area contributed by atoms with Crippen LogP contribution >= 0.6 is 28.1 Å². The maximum absolute atomic E-state index is 5.28. The lowest BCUT2D eigenvalue weighted by Crippen LogP contribution is -2.34. The summed E-state index contributed by atoms with van der Waals surface area (Å²) in [4.78, 5) is 0. The van der Waals surface area contributed by atoms with Gasteiger partial charge < -0.3 is 15.1 Å². The molecule has 0 radical (unpaired) electrons. The van der Waals surface area contributed by atoms with Crippen LogP contribution in [0.5, 0.6) is 0 Å². The highest BCUT2D eigenvalue weighted by molar-refractivity contribution is 9.10. The zero-order chi connectivity index (χ0) is 9.68. The lowest BCUT2D eigenvalue weighted by molar-refractivity contribution is 0.482. The zero-order valence-corrected chi connectivity index (χ0v) is 9.67. The second kappa shape index (κ2) is 5.24. The van der Waals surface area contributed by atoms with Gasteiger partial charge >= 0.3 is 0 Å². The van der Waals surface area contributed by atoms with Crippen LogP contribution in [0.4, 0.5) is 0 Å². The van der Waals surface area contributed by atoms with Crippen molar-refractivity contribution in [3.05, 3.63) is 22.6 Å². The molecule has 3 nitrogen and oxygen atoms in total. The molecule has 0 fully saturated rings. The fraction of sp³-hybridized carbons (Fsp3) is 0.375. The average molecular weight is 263 g/mol. The Morgan fingerprint density at radius 2 is 2.31 bits per heavy atom. The van der Waals surface area contributed by atoms with Gasteiger partial charge in [-0.25, -0.2) is 0 Å². The van der Waals surface area contributed by atoms with Crippen LogP contribution in [-0.2, 0) is 6.54 Å². The van der Waals surface area contributed by atoms with E-state index in [1.807, 2.05) is 19.1 Å². The van der Waals surface area contributed by atoms with E-state index in [9.17, 15) is 0 Å².